The minimum Gasteiger partial charge on any atom is -0.323 e. The van der Waals surface area contributed by atoms with Crippen LogP contribution in [0.15, 0.2) is 30.3 Å². The van der Waals surface area contributed by atoms with Crippen LogP contribution in [0.2, 0.25) is 0 Å². The number of hydrogen-bond acceptors (Lipinski definition) is 2. The fourth-order valence-electron chi connectivity index (χ4n) is 1.37. The molecule has 2 N–H and O–H groups in total. The van der Waals surface area contributed by atoms with Gasteiger partial charge in [0.15, 0.2) is 0 Å². The Morgan fingerprint density at radius 2 is 1.93 bits per heavy atom. The number of benzene rings is 1. The number of alkyl halides is 1. The molecule has 0 amide bonds. The van der Waals surface area contributed by atoms with Crippen LogP contribution < -0.4 is 5.73 Å². The molecular weight excluding hydrogens is 233 g/mol. The van der Waals surface area contributed by atoms with Crippen molar-refractivity contribution in [2.75, 3.05) is 5.88 Å². The highest BCUT2D eigenvalue weighted by Gasteiger charge is 2.22. The summed E-state index contributed by atoms with van der Waals surface area (Å²) in [5, 5.41) is 0. The highest BCUT2D eigenvalue weighted by molar-refractivity contribution is 6.19. The molecule has 0 aliphatic heterocycles. The average molecular weight is 248 g/mol. The van der Waals surface area contributed by atoms with Crippen LogP contribution in [0.1, 0.15) is 18.5 Å². The molecule has 0 saturated heterocycles. The SMILES string of the molecule is CC(=O)[C@@H](CCl)[C@@H](N)c1ccccc1.Cl. The molecule has 1 aromatic rings. The van der Waals surface area contributed by atoms with E-state index < -0.39 is 0 Å². The highest BCUT2D eigenvalue weighted by Crippen LogP contribution is 2.21. The first-order valence-corrected chi connectivity index (χ1v) is 5.07. The van der Waals surface area contributed by atoms with E-state index >= 15 is 0 Å². The second-order valence-corrected chi connectivity index (χ2v) is 3.62. The predicted octanol–water partition coefficient (Wildman–Crippen LogP) is 2.55. The highest BCUT2D eigenvalue weighted by atomic mass is 35.5. The molecule has 0 spiro atoms. The lowest BCUT2D eigenvalue weighted by atomic mass is 9.92. The van der Waals surface area contributed by atoms with Crippen molar-refractivity contribution >= 4 is 29.8 Å². The van der Waals surface area contributed by atoms with E-state index in [0.717, 1.165) is 5.56 Å². The van der Waals surface area contributed by atoms with Crippen molar-refractivity contribution in [2.45, 2.75) is 13.0 Å². The lowest BCUT2D eigenvalue weighted by Crippen LogP contribution is -2.28. The Hall–Kier alpha value is -0.570. The van der Waals surface area contributed by atoms with Gasteiger partial charge in [-0.1, -0.05) is 30.3 Å². The Bertz CT molecular complexity index is 303. The van der Waals surface area contributed by atoms with Crippen molar-refractivity contribution < 1.29 is 4.79 Å². The number of nitrogens with two attached hydrogens (primary N) is 1. The van der Waals surface area contributed by atoms with E-state index in [1.165, 1.54) is 6.92 Å². The van der Waals surface area contributed by atoms with Gasteiger partial charge in [-0.05, 0) is 12.5 Å². The van der Waals surface area contributed by atoms with Crippen LogP contribution in [-0.4, -0.2) is 11.7 Å². The second kappa shape index (κ2) is 6.83. The van der Waals surface area contributed by atoms with Gasteiger partial charge in [-0.15, -0.1) is 24.0 Å². The molecule has 0 unspecified atom stereocenters. The van der Waals surface area contributed by atoms with Crippen LogP contribution in [0.4, 0.5) is 0 Å². The van der Waals surface area contributed by atoms with Crippen molar-refractivity contribution in [2.24, 2.45) is 11.7 Å². The van der Waals surface area contributed by atoms with Gasteiger partial charge in [0.1, 0.15) is 5.78 Å². The van der Waals surface area contributed by atoms with E-state index in [1.807, 2.05) is 30.3 Å². The summed E-state index contributed by atoms with van der Waals surface area (Å²) in [4.78, 5) is 11.2. The number of Topliss-reactive ketones (excluding diaryl/α,β-unsaturated/α-hetero) is 1. The maximum absolute atomic E-state index is 11.2. The molecule has 84 valence electrons. The zero-order chi connectivity index (χ0) is 10.6. The maximum atomic E-state index is 11.2. The Morgan fingerprint density at radius 1 is 1.40 bits per heavy atom. The Balaban J connectivity index is 0.00000196. The van der Waals surface area contributed by atoms with Crippen LogP contribution >= 0.6 is 24.0 Å². The van der Waals surface area contributed by atoms with Gasteiger partial charge in [0.25, 0.3) is 0 Å². The fourth-order valence-corrected chi connectivity index (χ4v) is 1.77. The van der Waals surface area contributed by atoms with Gasteiger partial charge in [0, 0.05) is 11.9 Å². The van der Waals surface area contributed by atoms with Gasteiger partial charge in [-0.3, -0.25) is 4.79 Å². The van der Waals surface area contributed by atoms with E-state index in [4.69, 9.17) is 17.3 Å². The molecule has 0 fully saturated rings. The minimum atomic E-state index is -0.300. The van der Waals surface area contributed by atoms with Gasteiger partial charge in [-0.25, -0.2) is 0 Å². The van der Waals surface area contributed by atoms with Crippen molar-refractivity contribution in [3.8, 4) is 0 Å². The summed E-state index contributed by atoms with van der Waals surface area (Å²) in [7, 11) is 0. The van der Waals surface area contributed by atoms with E-state index in [9.17, 15) is 4.79 Å². The third kappa shape index (κ3) is 3.82. The summed E-state index contributed by atoms with van der Waals surface area (Å²) < 4.78 is 0. The van der Waals surface area contributed by atoms with Gasteiger partial charge in [-0.2, -0.15) is 0 Å². The molecule has 0 aromatic heterocycles. The molecule has 1 aromatic carbocycles. The molecular formula is C11H15Cl2NO. The summed E-state index contributed by atoms with van der Waals surface area (Å²) in [5.41, 5.74) is 6.90. The molecule has 0 saturated carbocycles. The molecule has 1 rings (SSSR count). The van der Waals surface area contributed by atoms with Crippen molar-refractivity contribution in [1.29, 1.82) is 0 Å². The number of carbonyl (C=O) groups is 1. The third-order valence-corrected chi connectivity index (χ3v) is 2.64. The topological polar surface area (TPSA) is 43.1 Å². The van der Waals surface area contributed by atoms with Gasteiger partial charge < -0.3 is 5.73 Å². The molecule has 0 bridgehead atoms. The van der Waals surface area contributed by atoms with Gasteiger partial charge in [0.2, 0.25) is 0 Å². The first-order valence-electron chi connectivity index (χ1n) is 4.53. The number of rotatable bonds is 4. The largest absolute Gasteiger partial charge is 0.323 e. The zero-order valence-corrected chi connectivity index (χ0v) is 10.1. The number of hydrogen-bond donors (Lipinski definition) is 1. The van der Waals surface area contributed by atoms with Crippen LogP contribution in [-0.2, 0) is 4.79 Å². The molecule has 0 aliphatic carbocycles. The van der Waals surface area contributed by atoms with Gasteiger partial charge in [0.05, 0.1) is 5.92 Å². The van der Waals surface area contributed by atoms with E-state index in [1.54, 1.807) is 0 Å². The zero-order valence-electron chi connectivity index (χ0n) is 8.52. The van der Waals surface area contributed by atoms with Crippen molar-refractivity contribution in [3.05, 3.63) is 35.9 Å². The van der Waals surface area contributed by atoms with Crippen molar-refractivity contribution in [3.63, 3.8) is 0 Å². The summed E-state index contributed by atoms with van der Waals surface area (Å²) in [5.74, 6) is 0.0150. The quantitative estimate of drug-likeness (QED) is 0.832. The molecule has 2 atom stereocenters. The normalized spacial score (nSPS) is 13.8. The third-order valence-electron chi connectivity index (χ3n) is 2.31. The molecule has 4 heteroatoms. The Morgan fingerprint density at radius 3 is 2.33 bits per heavy atom. The fraction of sp³-hybridized carbons (Fsp3) is 0.364. The van der Waals surface area contributed by atoms with Crippen molar-refractivity contribution in [1.82, 2.24) is 0 Å². The lowest BCUT2D eigenvalue weighted by molar-refractivity contribution is -0.120. The van der Waals surface area contributed by atoms with E-state index in [2.05, 4.69) is 0 Å². The Kier molecular flexibility index (Phi) is 6.57. The predicted molar refractivity (Wildman–Crippen MR) is 65.5 cm³/mol. The standard InChI is InChI=1S/C11H14ClNO.ClH/c1-8(14)10(7-12)11(13)9-5-3-2-4-6-9;/h2-6,10-11H,7,13H2,1H3;1H/t10-,11+;/m1./s1. The van der Waals surface area contributed by atoms with Gasteiger partial charge >= 0.3 is 0 Å². The summed E-state index contributed by atoms with van der Waals surface area (Å²) >= 11 is 5.71. The van der Waals surface area contributed by atoms with Crippen LogP contribution in [0.3, 0.4) is 0 Å². The lowest BCUT2D eigenvalue weighted by Gasteiger charge is -2.19. The van der Waals surface area contributed by atoms with Crippen LogP contribution in [0.5, 0.6) is 0 Å². The van der Waals surface area contributed by atoms with Crippen LogP contribution in [0, 0.1) is 5.92 Å². The summed E-state index contributed by atoms with van der Waals surface area (Å²) in [6.07, 6.45) is 0. The smallest absolute Gasteiger partial charge is 0.135 e. The number of carbonyl (C=O) groups excluding carboxylic acids is 1. The molecule has 0 aliphatic rings. The molecule has 0 heterocycles. The molecule has 2 nitrogen and oxygen atoms in total. The first kappa shape index (κ1) is 14.4. The first-order chi connectivity index (χ1) is 6.66. The maximum Gasteiger partial charge on any atom is 0.135 e. The second-order valence-electron chi connectivity index (χ2n) is 3.31. The Labute approximate surface area is 101 Å². The summed E-state index contributed by atoms with van der Waals surface area (Å²) in [6, 6.07) is 9.24. The summed E-state index contributed by atoms with van der Waals surface area (Å²) in [6.45, 7) is 1.52. The van der Waals surface area contributed by atoms with Crippen LogP contribution in [0.25, 0.3) is 0 Å². The average Bonchev–Trinajstić information content (AvgIpc) is 2.19. The minimum absolute atomic E-state index is 0. The number of ketones is 1. The van der Waals surface area contributed by atoms with E-state index in [0.29, 0.717) is 0 Å². The molecule has 0 radical (unpaired) electrons. The molecule has 15 heavy (non-hydrogen) atoms. The monoisotopic (exact) mass is 247 g/mol. The number of halogens is 2. The van der Waals surface area contributed by atoms with E-state index in [-0.39, 0.29) is 36.0 Å².